The van der Waals surface area contributed by atoms with Gasteiger partial charge in [-0.05, 0) is 61.1 Å². The molecule has 0 atom stereocenters. The summed E-state index contributed by atoms with van der Waals surface area (Å²) in [5.41, 5.74) is 2.95. The van der Waals surface area contributed by atoms with E-state index in [0.29, 0.717) is 30.8 Å². The van der Waals surface area contributed by atoms with Gasteiger partial charge in [0.1, 0.15) is 0 Å². The molecule has 150 valence electrons. The molecule has 1 aliphatic rings. The molecule has 0 radical (unpaired) electrons. The second kappa shape index (κ2) is 9.34. The molecule has 0 aromatic heterocycles. The lowest BCUT2D eigenvalue weighted by molar-refractivity contribution is -0.116. The van der Waals surface area contributed by atoms with Gasteiger partial charge in [-0.25, -0.2) is 8.42 Å². The van der Waals surface area contributed by atoms with Gasteiger partial charge in [0.05, 0.1) is 4.90 Å². The zero-order chi connectivity index (χ0) is 20.0. The van der Waals surface area contributed by atoms with Crippen LogP contribution in [-0.2, 0) is 27.7 Å². The van der Waals surface area contributed by atoms with Gasteiger partial charge in [-0.1, -0.05) is 37.6 Å². The third kappa shape index (κ3) is 5.20. The van der Waals surface area contributed by atoms with E-state index in [2.05, 4.69) is 12.2 Å². The number of hydrogen-bond acceptors (Lipinski definition) is 3. The highest BCUT2D eigenvalue weighted by atomic mass is 32.2. The van der Waals surface area contributed by atoms with E-state index in [9.17, 15) is 13.2 Å². The largest absolute Gasteiger partial charge is 0.326 e. The highest BCUT2D eigenvalue weighted by Gasteiger charge is 2.25. The van der Waals surface area contributed by atoms with Gasteiger partial charge < -0.3 is 5.32 Å². The van der Waals surface area contributed by atoms with Crippen molar-refractivity contribution < 1.29 is 13.2 Å². The molecule has 0 saturated carbocycles. The van der Waals surface area contributed by atoms with Crippen molar-refractivity contribution in [2.45, 2.75) is 50.3 Å². The van der Waals surface area contributed by atoms with Crippen molar-refractivity contribution in [2.24, 2.45) is 0 Å². The van der Waals surface area contributed by atoms with E-state index in [1.807, 2.05) is 36.4 Å². The number of rotatable bonds is 7. The first-order valence-corrected chi connectivity index (χ1v) is 11.4. The molecular weight excluding hydrogens is 372 g/mol. The van der Waals surface area contributed by atoms with Gasteiger partial charge in [0.25, 0.3) is 0 Å². The molecule has 3 rings (SSSR count). The first kappa shape index (κ1) is 20.6. The van der Waals surface area contributed by atoms with E-state index in [4.69, 9.17) is 0 Å². The molecule has 1 amide bonds. The SMILES string of the molecule is CCc1cccc(NC(=O)CCc2ccc(S(=O)(=O)N3CCCCC3)cc2)c1. The summed E-state index contributed by atoms with van der Waals surface area (Å²) in [5.74, 6) is -0.0433. The summed E-state index contributed by atoms with van der Waals surface area (Å²) in [4.78, 5) is 12.5. The first-order valence-electron chi connectivity index (χ1n) is 9.97. The van der Waals surface area contributed by atoms with Crippen molar-refractivity contribution in [1.29, 1.82) is 0 Å². The Labute approximate surface area is 167 Å². The summed E-state index contributed by atoms with van der Waals surface area (Å²) in [7, 11) is -3.40. The predicted octanol–water partition coefficient (Wildman–Crippen LogP) is 3.99. The van der Waals surface area contributed by atoms with Crippen LogP contribution in [0.1, 0.15) is 43.7 Å². The lowest BCUT2D eigenvalue weighted by Gasteiger charge is -2.25. The molecule has 1 aliphatic heterocycles. The summed E-state index contributed by atoms with van der Waals surface area (Å²) in [6, 6.07) is 14.8. The Morgan fingerprint density at radius 1 is 1.00 bits per heavy atom. The number of amides is 1. The third-order valence-electron chi connectivity index (χ3n) is 5.14. The number of carbonyl (C=O) groups is 1. The maximum absolute atomic E-state index is 12.7. The molecule has 0 unspecified atom stereocenters. The van der Waals surface area contributed by atoms with Crippen molar-refractivity contribution in [2.75, 3.05) is 18.4 Å². The first-order chi connectivity index (χ1) is 13.5. The standard InChI is InChI=1S/C22H28N2O3S/c1-2-18-7-6-8-20(17-18)23-22(25)14-11-19-9-12-21(13-10-19)28(26,27)24-15-4-3-5-16-24/h6-10,12-13,17H,2-5,11,14-16H2,1H3,(H,23,25). The van der Waals surface area contributed by atoms with Gasteiger partial charge in [0.15, 0.2) is 0 Å². The van der Waals surface area contributed by atoms with Gasteiger partial charge in [0.2, 0.25) is 15.9 Å². The van der Waals surface area contributed by atoms with E-state index in [1.165, 1.54) is 5.56 Å². The smallest absolute Gasteiger partial charge is 0.243 e. The summed E-state index contributed by atoms with van der Waals surface area (Å²) >= 11 is 0. The Kier molecular flexibility index (Phi) is 6.86. The Bertz CT molecular complexity index is 902. The maximum Gasteiger partial charge on any atom is 0.243 e. The summed E-state index contributed by atoms with van der Waals surface area (Å²) in [6.45, 7) is 3.28. The molecule has 1 saturated heterocycles. The fourth-order valence-corrected chi connectivity index (χ4v) is 4.95. The minimum Gasteiger partial charge on any atom is -0.326 e. The van der Waals surface area contributed by atoms with E-state index in [1.54, 1.807) is 16.4 Å². The van der Waals surface area contributed by atoms with Crippen LogP contribution in [0.25, 0.3) is 0 Å². The zero-order valence-electron chi connectivity index (χ0n) is 16.4. The molecule has 0 spiro atoms. The maximum atomic E-state index is 12.7. The summed E-state index contributed by atoms with van der Waals surface area (Å²) in [5, 5.41) is 2.92. The number of nitrogens with one attached hydrogen (secondary N) is 1. The molecule has 2 aromatic rings. The zero-order valence-corrected chi connectivity index (χ0v) is 17.2. The van der Waals surface area contributed by atoms with Gasteiger partial charge in [-0.2, -0.15) is 4.31 Å². The molecule has 28 heavy (non-hydrogen) atoms. The minimum atomic E-state index is -3.40. The Hall–Kier alpha value is -2.18. The normalized spacial score (nSPS) is 15.3. The Morgan fingerprint density at radius 2 is 1.71 bits per heavy atom. The molecule has 5 nitrogen and oxygen atoms in total. The lowest BCUT2D eigenvalue weighted by Crippen LogP contribution is -2.35. The van der Waals surface area contributed by atoms with Crippen molar-refractivity contribution >= 4 is 21.6 Å². The second-order valence-electron chi connectivity index (χ2n) is 7.21. The van der Waals surface area contributed by atoms with E-state index < -0.39 is 10.0 Å². The topological polar surface area (TPSA) is 66.5 Å². The minimum absolute atomic E-state index is 0.0433. The fourth-order valence-electron chi connectivity index (χ4n) is 3.43. The van der Waals surface area contributed by atoms with Crippen molar-refractivity contribution in [1.82, 2.24) is 4.31 Å². The molecule has 2 aromatic carbocycles. The number of sulfonamides is 1. The highest BCUT2D eigenvalue weighted by molar-refractivity contribution is 7.89. The average Bonchev–Trinajstić information content (AvgIpc) is 2.73. The van der Waals surface area contributed by atoms with Gasteiger partial charge >= 0.3 is 0 Å². The monoisotopic (exact) mass is 400 g/mol. The molecular formula is C22H28N2O3S. The van der Waals surface area contributed by atoms with Crippen LogP contribution in [0.4, 0.5) is 5.69 Å². The number of piperidine rings is 1. The van der Waals surface area contributed by atoms with Crippen LogP contribution in [0, 0.1) is 0 Å². The van der Waals surface area contributed by atoms with Crippen LogP contribution in [0.3, 0.4) is 0 Å². The Morgan fingerprint density at radius 3 is 2.39 bits per heavy atom. The van der Waals surface area contributed by atoms with E-state index in [-0.39, 0.29) is 5.91 Å². The van der Waals surface area contributed by atoms with Crippen LogP contribution >= 0.6 is 0 Å². The molecule has 6 heteroatoms. The van der Waals surface area contributed by atoms with Crippen LogP contribution in [0.15, 0.2) is 53.4 Å². The van der Waals surface area contributed by atoms with Crippen molar-refractivity contribution in [3.05, 3.63) is 59.7 Å². The van der Waals surface area contributed by atoms with Crippen molar-refractivity contribution in [3.63, 3.8) is 0 Å². The molecule has 1 N–H and O–H groups in total. The Balaban J connectivity index is 1.56. The van der Waals surface area contributed by atoms with Crippen LogP contribution in [0.2, 0.25) is 0 Å². The average molecular weight is 401 g/mol. The van der Waals surface area contributed by atoms with Crippen LogP contribution < -0.4 is 5.32 Å². The number of carbonyl (C=O) groups excluding carboxylic acids is 1. The van der Waals surface area contributed by atoms with E-state index >= 15 is 0 Å². The molecule has 1 heterocycles. The van der Waals surface area contributed by atoms with Crippen LogP contribution in [-0.4, -0.2) is 31.7 Å². The third-order valence-corrected chi connectivity index (χ3v) is 7.05. The number of aryl methyl sites for hydroxylation is 2. The summed E-state index contributed by atoms with van der Waals surface area (Å²) < 4.78 is 26.9. The number of nitrogens with zero attached hydrogens (tertiary/aromatic N) is 1. The fraction of sp³-hybridized carbons (Fsp3) is 0.409. The highest BCUT2D eigenvalue weighted by Crippen LogP contribution is 2.21. The summed E-state index contributed by atoms with van der Waals surface area (Å²) in [6.07, 6.45) is 4.80. The van der Waals surface area contributed by atoms with Gasteiger partial charge in [0, 0.05) is 25.2 Å². The molecule has 0 aliphatic carbocycles. The van der Waals surface area contributed by atoms with Crippen LogP contribution in [0.5, 0.6) is 0 Å². The lowest BCUT2D eigenvalue weighted by atomic mass is 10.1. The quantitative estimate of drug-likeness (QED) is 0.764. The number of benzene rings is 2. The van der Waals surface area contributed by atoms with E-state index in [0.717, 1.165) is 36.9 Å². The number of anilines is 1. The molecule has 1 fully saturated rings. The van der Waals surface area contributed by atoms with Gasteiger partial charge in [-0.15, -0.1) is 0 Å². The van der Waals surface area contributed by atoms with Gasteiger partial charge in [-0.3, -0.25) is 4.79 Å². The molecule has 0 bridgehead atoms. The number of hydrogen-bond donors (Lipinski definition) is 1. The predicted molar refractivity (Wildman–Crippen MR) is 112 cm³/mol. The second-order valence-corrected chi connectivity index (χ2v) is 9.15. The van der Waals surface area contributed by atoms with Crippen molar-refractivity contribution in [3.8, 4) is 0 Å².